The van der Waals surface area contributed by atoms with Gasteiger partial charge in [0.2, 0.25) is 0 Å². The summed E-state index contributed by atoms with van der Waals surface area (Å²) < 4.78 is 7.60. The molecule has 0 atom stereocenters. The van der Waals surface area contributed by atoms with Crippen molar-refractivity contribution in [2.75, 3.05) is 20.2 Å². The molecule has 152 valence electrons. The van der Waals surface area contributed by atoms with Crippen LogP contribution in [0.2, 0.25) is 5.02 Å². The third kappa shape index (κ3) is 3.97. The molecular formula is C23H26ClN3O2. The minimum absolute atomic E-state index is 0.0121. The Balaban J connectivity index is 1.43. The Labute approximate surface area is 176 Å². The number of hydrogen-bond acceptors (Lipinski definition) is 3. The number of carbonyl (C=O) groups excluding carboxylic acids is 1. The van der Waals surface area contributed by atoms with Crippen LogP contribution in [0.15, 0.2) is 36.7 Å². The molecule has 1 amide bonds. The maximum Gasteiger partial charge on any atom is 0.257 e. The second-order valence-corrected chi connectivity index (χ2v) is 8.34. The predicted molar refractivity (Wildman–Crippen MR) is 116 cm³/mol. The van der Waals surface area contributed by atoms with Crippen LogP contribution < -0.4 is 4.74 Å². The van der Waals surface area contributed by atoms with Crippen LogP contribution in [0, 0.1) is 19.8 Å². The Morgan fingerprint density at radius 3 is 2.62 bits per heavy atom. The Kier molecular flexibility index (Phi) is 5.50. The van der Waals surface area contributed by atoms with Crippen LogP contribution >= 0.6 is 11.6 Å². The fourth-order valence-corrected chi connectivity index (χ4v) is 4.25. The number of carbonyl (C=O) groups is 1. The van der Waals surface area contributed by atoms with E-state index < -0.39 is 0 Å². The van der Waals surface area contributed by atoms with Gasteiger partial charge < -0.3 is 14.2 Å². The van der Waals surface area contributed by atoms with Crippen LogP contribution in [0.25, 0.3) is 11.0 Å². The number of nitrogens with zero attached hydrogens (tertiary/aromatic N) is 3. The topological polar surface area (TPSA) is 47.4 Å². The third-order valence-electron chi connectivity index (χ3n) is 5.99. The molecular weight excluding hydrogens is 386 g/mol. The number of benzene rings is 2. The Morgan fingerprint density at radius 1 is 1.17 bits per heavy atom. The lowest BCUT2D eigenvalue weighted by Gasteiger charge is -2.32. The van der Waals surface area contributed by atoms with Gasteiger partial charge in [0, 0.05) is 24.7 Å². The fourth-order valence-electron chi connectivity index (χ4n) is 4.07. The second-order valence-electron chi connectivity index (χ2n) is 7.90. The molecule has 0 spiro atoms. The quantitative estimate of drug-likeness (QED) is 0.615. The summed E-state index contributed by atoms with van der Waals surface area (Å²) in [5.41, 5.74) is 5.33. The molecule has 29 heavy (non-hydrogen) atoms. The van der Waals surface area contributed by atoms with Gasteiger partial charge in [0.25, 0.3) is 5.91 Å². The van der Waals surface area contributed by atoms with Crippen LogP contribution in [0.1, 0.15) is 34.3 Å². The standard InChI is InChI=1S/C23H26ClN3O2/c1-15-10-20-21(11-16(15)2)27(14-25-20)13-17-6-8-26(9-7-17)23(28)19-12-18(24)4-5-22(19)29-3/h4-5,10-12,14,17H,6-9,13H2,1-3H3. The lowest BCUT2D eigenvalue weighted by molar-refractivity contribution is 0.0680. The number of rotatable bonds is 4. The number of methoxy groups -OCH3 is 1. The number of likely N-dealkylation sites (tertiary alicyclic amines) is 1. The number of aromatic nitrogens is 2. The van der Waals surface area contributed by atoms with Gasteiger partial charge in [0.05, 0.1) is 30.0 Å². The molecule has 0 aliphatic carbocycles. The average Bonchev–Trinajstić information content (AvgIpc) is 3.09. The summed E-state index contributed by atoms with van der Waals surface area (Å²) in [6.07, 6.45) is 3.89. The van der Waals surface area contributed by atoms with Gasteiger partial charge in [-0.2, -0.15) is 0 Å². The zero-order chi connectivity index (χ0) is 20.5. The molecule has 1 aliphatic heterocycles. The zero-order valence-electron chi connectivity index (χ0n) is 17.1. The number of fused-ring (bicyclic) bond motifs is 1. The molecule has 0 radical (unpaired) electrons. The first kappa shape index (κ1) is 19.8. The molecule has 2 heterocycles. The first-order valence-corrected chi connectivity index (χ1v) is 10.4. The van der Waals surface area contributed by atoms with Crippen molar-refractivity contribution in [1.29, 1.82) is 0 Å². The van der Waals surface area contributed by atoms with Gasteiger partial charge >= 0.3 is 0 Å². The van der Waals surface area contributed by atoms with Gasteiger partial charge in [0.15, 0.2) is 0 Å². The van der Waals surface area contributed by atoms with Crippen molar-refractivity contribution in [3.63, 3.8) is 0 Å². The summed E-state index contributed by atoms with van der Waals surface area (Å²) in [6.45, 7) is 6.67. The van der Waals surface area contributed by atoms with E-state index in [4.69, 9.17) is 16.3 Å². The van der Waals surface area contributed by atoms with E-state index in [1.807, 2.05) is 11.2 Å². The summed E-state index contributed by atoms with van der Waals surface area (Å²) in [5.74, 6) is 1.08. The predicted octanol–water partition coefficient (Wildman–Crippen LogP) is 4.87. The maximum atomic E-state index is 13.0. The molecule has 4 rings (SSSR count). The Bertz CT molecular complexity index is 1050. The van der Waals surface area contributed by atoms with Crippen LogP contribution in [0.5, 0.6) is 5.75 Å². The summed E-state index contributed by atoms with van der Waals surface area (Å²) in [4.78, 5) is 19.4. The normalized spacial score (nSPS) is 15.1. The van der Waals surface area contributed by atoms with Crippen molar-refractivity contribution in [2.45, 2.75) is 33.2 Å². The van der Waals surface area contributed by atoms with Gasteiger partial charge in [-0.05, 0) is 74.1 Å². The first-order chi connectivity index (χ1) is 14.0. The SMILES string of the molecule is COc1ccc(Cl)cc1C(=O)N1CCC(Cn2cnc3cc(C)c(C)cc32)CC1. The van der Waals surface area contributed by atoms with Gasteiger partial charge in [0.1, 0.15) is 5.75 Å². The second kappa shape index (κ2) is 8.07. The van der Waals surface area contributed by atoms with E-state index in [-0.39, 0.29) is 5.91 Å². The molecule has 0 N–H and O–H groups in total. The monoisotopic (exact) mass is 411 g/mol. The molecule has 1 fully saturated rings. The number of aryl methyl sites for hydroxylation is 2. The molecule has 1 aromatic heterocycles. The lowest BCUT2D eigenvalue weighted by Crippen LogP contribution is -2.39. The summed E-state index contributed by atoms with van der Waals surface area (Å²) in [5, 5.41) is 0.543. The Hall–Kier alpha value is -2.53. The van der Waals surface area contributed by atoms with Crippen molar-refractivity contribution in [1.82, 2.24) is 14.5 Å². The molecule has 5 nitrogen and oxygen atoms in total. The molecule has 6 heteroatoms. The van der Waals surface area contributed by atoms with E-state index in [0.717, 1.165) is 38.0 Å². The van der Waals surface area contributed by atoms with E-state index in [1.165, 1.54) is 16.6 Å². The highest BCUT2D eigenvalue weighted by molar-refractivity contribution is 6.31. The third-order valence-corrected chi connectivity index (χ3v) is 6.22. The van der Waals surface area contributed by atoms with Gasteiger partial charge in [-0.1, -0.05) is 11.6 Å². The molecule has 0 saturated carbocycles. The van der Waals surface area contributed by atoms with Crippen LogP contribution in [0.3, 0.4) is 0 Å². The number of hydrogen-bond donors (Lipinski definition) is 0. The van der Waals surface area contributed by atoms with Crippen molar-refractivity contribution >= 4 is 28.5 Å². The highest BCUT2D eigenvalue weighted by Gasteiger charge is 2.26. The van der Waals surface area contributed by atoms with Crippen molar-refractivity contribution < 1.29 is 9.53 Å². The largest absolute Gasteiger partial charge is 0.496 e. The summed E-state index contributed by atoms with van der Waals surface area (Å²) >= 11 is 6.09. The van der Waals surface area contributed by atoms with Crippen LogP contribution in [0.4, 0.5) is 0 Å². The lowest BCUT2D eigenvalue weighted by atomic mass is 9.96. The number of amides is 1. The zero-order valence-corrected chi connectivity index (χ0v) is 17.9. The molecule has 2 aromatic carbocycles. The van der Waals surface area contributed by atoms with E-state index >= 15 is 0 Å². The maximum absolute atomic E-state index is 13.0. The fraction of sp³-hybridized carbons (Fsp3) is 0.391. The van der Waals surface area contributed by atoms with Gasteiger partial charge in [-0.15, -0.1) is 0 Å². The molecule has 0 unspecified atom stereocenters. The summed E-state index contributed by atoms with van der Waals surface area (Å²) in [7, 11) is 1.57. The highest BCUT2D eigenvalue weighted by atomic mass is 35.5. The van der Waals surface area contributed by atoms with E-state index in [1.54, 1.807) is 25.3 Å². The number of piperidine rings is 1. The summed E-state index contributed by atoms with van der Waals surface area (Å²) in [6, 6.07) is 9.55. The number of ether oxygens (including phenoxy) is 1. The van der Waals surface area contributed by atoms with E-state index in [0.29, 0.717) is 22.3 Å². The van der Waals surface area contributed by atoms with Gasteiger partial charge in [-0.3, -0.25) is 4.79 Å². The number of halogens is 1. The highest BCUT2D eigenvalue weighted by Crippen LogP contribution is 2.28. The van der Waals surface area contributed by atoms with Crippen molar-refractivity contribution in [3.8, 4) is 5.75 Å². The molecule has 1 saturated heterocycles. The molecule has 1 aliphatic rings. The molecule has 0 bridgehead atoms. The minimum atomic E-state index is -0.0121. The van der Waals surface area contributed by atoms with Crippen molar-refractivity contribution in [3.05, 3.63) is 58.4 Å². The average molecular weight is 412 g/mol. The van der Waals surface area contributed by atoms with E-state index in [2.05, 4.69) is 35.5 Å². The van der Waals surface area contributed by atoms with Crippen LogP contribution in [-0.2, 0) is 6.54 Å². The minimum Gasteiger partial charge on any atom is -0.496 e. The first-order valence-electron chi connectivity index (χ1n) is 10.0. The molecule has 3 aromatic rings. The smallest absolute Gasteiger partial charge is 0.257 e. The van der Waals surface area contributed by atoms with Crippen LogP contribution in [-0.4, -0.2) is 40.6 Å². The van der Waals surface area contributed by atoms with Crippen molar-refractivity contribution in [2.24, 2.45) is 5.92 Å². The van der Waals surface area contributed by atoms with Gasteiger partial charge in [-0.25, -0.2) is 4.98 Å². The Morgan fingerprint density at radius 2 is 1.90 bits per heavy atom. The van der Waals surface area contributed by atoms with E-state index in [9.17, 15) is 4.79 Å². The number of imidazole rings is 1.